The number of primary amides is 1. The lowest BCUT2D eigenvalue weighted by molar-refractivity contribution is -0.276. The molecule has 31 heavy (non-hydrogen) atoms. The number of carbonyl (C=O) groups is 2. The smallest absolute Gasteiger partial charge is 0.388 e. The van der Waals surface area contributed by atoms with Crippen LogP contribution in [-0.2, 0) is 0 Å². The zero-order chi connectivity index (χ0) is 22.8. The maximum absolute atomic E-state index is 12.5. The van der Waals surface area contributed by atoms with Crippen molar-refractivity contribution in [3.63, 3.8) is 0 Å². The average molecular weight is 457 g/mol. The normalized spacial score (nSPS) is 12.3. The van der Waals surface area contributed by atoms with E-state index in [2.05, 4.69) is 35.1 Å². The van der Waals surface area contributed by atoms with Crippen LogP contribution in [0, 0.1) is 0 Å². The third-order valence-electron chi connectivity index (χ3n) is 3.68. The highest BCUT2D eigenvalue weighted by Crippen LogP contribution is 2.24. The van der Waals surface area contributed by atoms with E-state index < -0.39 is 30.1 Å². The third kappa shape index (κ3) is 5.42. The zero-order valence-electron chi connectivity index (χ0n) is 15.5. The predicted molar refractivity (Wildman–Crippen MR) is 97.3 cm³/mol. The van der Waals surface area contributed by atoms with Crippen molar-refractivity contribution in [1.82, 2.24) is 35.0 Å². The number of halogens is 4. The van der Waals surface area contributed by atoms with E-state index in [1.54, 1.807) is 6.92 Å². The second-order valence-corrected chi connectivity index (χ2v) is 6.30. The van der Waals surface area contributed by atoms with Gasteiger partial charge in [0.15, 0.2) is 11.6 Å². The Balaban J connectivity index is 1.83. The van der Waals surface area contributed by atoms with E-state index in [1.165, 1.54) is 17.1 Å². The summed E-state index contributed by atoms with van der Waals surface area (Å²) >= 11 is 5.69. The van der Waals surface area contributed by atoms with E-state index in [0.717, 1.165) is 18.5 Å². The quantitative estimate of drug-likeness (QED) is 0.531. The van der Waals surface area contributed by atoms with Crippen LogP contribution in [0.15, 0.2) is 30.9 Å². The summed E-state index contributed by atoms with van der Waals surface area (Å²) in [5.41, 5.74) is 4.91. The monoisotopic (exact) mass is 456 g/mol. The summed E-state index contributed by atoms with van der Waals surface area (Å²) < 4.78 is 42.2. The van der Waals surface area contributed by atoms with E-state index >= 15 is 0 Å². The number of nitrogens with one attached hydrogen (secondary N) is 1. The molecule has 0 aliphatic heterocycles. The number of ether oxygens (including phenoxy) is 1. The van der Waals surface area contributed by atoms with Crippen molar-refractivity contribution in [2.45, 2.75) is 19.3 Å². The van der Waals surface area contributed by atoms with Crippen molar-refractivity contribution < 1.29 is 27.5 Å². The molecule has 3 aromatic heterocycles. The Hall–Kier alpha value is -3.81. The fourth-order valence-corrected chi connectivity index (χ4v) is 2.64. The molecule has 0 saturated carbocycles. The molecule has 0 saturated heterocycles. The Bertz CT molecular complexity index is 1140. The molecule has 0 aromatic carbocycles. The molecule has 3 aromatic rings. The van der Waals surface area contributed by atoms with Gasteiger partial charge < -0.3 is 15.8 Å². The topological polar surface area (TPSA) is 151 Å². The highest BCUT2D eigenvalue weighted by Gasteiger charge is 2.32. The lowest BCUT2D eigenvalue weighted by Gasteiger charge is -2.15. The second-order valence-electron chi connectivity index (χ2n) is 5.92. The molecule has 11 nitrogen and oxygen atoms in total. The first kappa shape index (κ1) is 21.9. The number of nitrogens with zero attached hydrogens (tertiary/aromatic N) is 6. The van der Waals surface area contributed by atoms with Gasteiger partial charge in [0.05, 0.1) is 6.04 Å². The van der Waals surface area contributed by atoms with Gasteiger partial charge in [-0.15, -0.1) is 13.2 Å². The number of amides is 2. The van der Waals surface area contributed by atoms with Crippen molar-refractivity contribution >= 4 is 23.4 Å². The van der Waals surface area contributed by atoms with Gasteiger partial charge in [0.1, 0.15) is 23.5 Å². The van der Waals surface area contributed by atoms with Gasteiger partial charge in [-0.1, -0.05) is 11.6 Å². The highest BCUT2D eigenvalue weighted by molar-refractivity contribution is 6.29. The molecule has 162 valence electrons. The maximum Gasteiger partial charge on any atom is 0.574 e. The molecule has 0 unspecified atom stereocenters. The summed E-state index contributed by atoms with van der Waals surface area (Å²) in [4.78, 5) is 39.0. The Morgan fingerprint density at radius 2 is 1.94 bits per heavy atom. The minimum Gasteiger partial charge on any atom is -0.388 e. The van der Waals surface area contributed by atoms with Crippen molar-refractivity contribution in [1.29, 1.82) is 0 Å². The van der Waals surface area contributed by atoms with Crippen LogP contribution in [0.2, 0.25) is 5.15 Å². The first-order valence-corrected chi connectivity index (χ1v) is 8.67. The molecule has 0 aliphatic carbocycles. The fraction of sp³-hybridized carbons (Fsp3) is 0.188. The van der Waals surface area contributed by atoms with Crippen LogP contribution in [0.4, 0.5) is 13.2 Å². The zero-order valence-corrected chi connectivity index (χ0v) is 16.2. The number of rotatable bonds is 6. The molecule has 2 amide bonds. The Morgan fingerprint density at radius 1 is 1.19 bits per heavy atom. The first-order chi connectivity index (χ1) is 14.5. The average Bonchev–Trinajstić information content (AvgIpc) is 3.16. The predicted octanol–water partition coefficient (Wildman–Crippen LogP) is 1.59. The SMILES string of the molecule is C[C@H](NC(=O)c1cc(Cl)nc(OC(F)(F)F)c1)c1ncnn1-c1cc(C(N)=O)ncn1. The third-order valence-corrected chi connectivity index (χ3v) is 3.88. The van der Waals surface area contributed by atoms with Gasteiger partial charge in [-0.25, -0.2) is 19.9 Å². The largest absolute Gasteiger partial charge is 0.574 e. The lowest BCUT2D eigenvalue weighted by atomic mass is 10.2. The van der Waals surface area contributed by atoms with E-state index in [-0.39, 0.29) is 28.1 Å². The molecule has 0 bridgehead atoms. The van der Waals surface area contributed by atoms with Gasteiger partial charge in [0, 0.05) is 17.7 Å². The number of hydrogen-bond donors (Lipinski definition) is 2. The Morgan fingerprint density at radius 3 is 2.61 bits per heavy atom. The van der Waals surface area contributed by atoms with Gasteiger partial charge in [-0.2, -0.15) is 9.78 Å². The minimum absolute atomic E-state index is 0.0632. The van der Waals surface area contributed by atoms with Crippen LogP contribution >= 0.6 is 11.6 Å². The summed E-state index contributed by atoms with van der Waals surface area (Å²) in [7, 11) is 0. The van der Waals surface area contributed by atoms with Crippen LogP contribution in [0.1, 0.15) is 39.6 Å². The molecule has 3 N–H and O–H groups in total. The van der Waals surface area contributed by atoms with Gasteiger partial charge in [0.25, 0.3) is 11.8 Å². The van der Waals surface area contributed by atoms with Crippen LogP contribution in [0.5, 0.6) is 5.88 Å². The molecule has 3 rings (SSSR count). The maximum atomic E-state index is 12.5. The summed E-state index contributed by atoms with van der Waals surface area (Å²) in [6.45, 7) is 1.55. The number of hydrogen-bond acceptors (Lipinski definition) is 8. The van der Waals surface area contributed by atoms with E-state index in [0.29, 0.717) is 0 Å². The van der Waals surface area contributed by atoms with Crippen molar-refractivity contribution in [2.24, 2.45) is 5.73 Å². The Kier molecular flexibility index (Phi) is 6.01. The van der Waals surface area contributed by atoms with Crippen LogP contribution in [-0.4, -0.2) is 47.9 Å². The molecule has 0 radical (unpaired) electrons. The number of nitrogens with two attached hydrogens (primary N) is 1. The molecule has 1 atom stereocenters. The standard InChI is InChI=1S/C16H12ClF3N8O3/c1-7(14-24-6-25-28(14)11-4-9(13(21)29)22-5-23-11)26-15(30)8-2-10(17)27-12(3-8)31-16(18,19)20/h2-7H,1H3,(H2,21,29)(H,26,30)/t7-/m0/s1. The van der Waals surface area contributed by atoms with Crippen molar-refractivity contribution in [3.05, 3.63) is 53.1 Å². The van der Waals surface area contributed by atoms with Crippen molar-refractivity contribution in [2.75, 3.05) is 0 Å². The molecule has 0 aliphatic rings. The van der Waals surface area contributed by atoms with Gasteiger partial charge in [-0.05, 0) is 13.0 Å². The molecule has 15 heteroatoms. The summed E-state index contributed by atoms with van der Waals surface area (Å²) in [5.74, 6) is -2.09. The molecule has 0 spiro atoms. The summed E-state index contributed by atoms with van der Waals surface area (Å²) in [5, 5.41) is 6.16. The van der Waals surface area contributed by atoms with Crippen LogP contribution in [0.25, 0.3) is 5.82 Å². The number of aromatic nitrogens is 6. The van der Waals surface area contributed by atoms with Gasteiger partial charge in [-0.3, -0.25) is 9.59 Å². The molecule has 3 heterocycles. The van der Waals surface area contributed by atoms with E-state index in [4.69, 9.17) is 17.3 Å². The van der Waals surface area contributed by atoms with Gasteiger partial charge in [0.2, 0.25) is 5.88 Å². The summed E-state index contributed by atoms with van der Waals surface area (Å²) in [6, 6.07) is 2.34. The fourth-order valence-electron chi connectivity index (χ4n) is 2.44. The molecule has 0 fully saturated rings. The highest BCUT2D eigenvalue weighted by atomic mass is 35.5. The summed E-state index contributed by atoms with van der Waals surface area (Å²) in [6.07, 6.45) is -2.72. The van der Waals surface area contributed by atoms with E-state index in [9.17, 15) is 22.8 Å². The minimum atomic E-state index is -5.00. The molecular weight excluding hydrogens is 445 g/mol. The van der Waals surface area contributed by atoms with E-state index in [1.807, 2.05) is 0 Å². The Labute approximate surface area is 176 Å². The second kappa shape index (κ2) is 8.51. The van der Waals surface area contributed by atoms with Gasteiger partial charge >= 0.3 is 6.36 Å². The van der Waals surface area contributed by atoms with Crippen molar-refractivity contribution in [3.8, 4) is 11.7 Å². The number of alkyl halides is 3. The molecular formula is C16H12ClF3N8O3. The van der Waals surface area contributed by atoms with Crippen LogP contribution in [0.3, 0.4) is 0 Å². The van der Waals surface area contributed by atoms with Crippen LogP contribution < -0.4 is 15.8 Å². The number of pyridine rings is 1. The first-order valence-electron chi connectivity index (χ1n) is 8.30. The number of carbonyl (C=O) groups excluding carboxylic acids is 2. The lowest BCUT2D eigenvalue weighted by Crippen LogP contribution is -2.29.